The predicted molar refractivity (Wildman–Crippen MR) is 61.6 cm³/mol. The van der Waals surface area contributed by atoms with Gasteiger partial charge in [0, 0.05) is 0 Å². The van der Waals surface area contributed by atoms with Crippen LogP contribution in [0.15, 0.2) is 24.3 Å². The Morgan fingerprint density at radius 2 is 1.90 bits per heavy atom. The summed E-state index contributed by atoms with van der Waals surface area (Å²) in [7, 11) is 0. The first kappa shape index (κ1) is 16.2. The van der Waals surface area contributed by atoms with Crippen LogP contribution in [0.4, 0.5) is 17.6 Å². The highest BCUT2D eigenvalue weighted by molar-refractivity contribution is 5.76. The van der Waals surface area contributed by atoms with Crippen molar-refractivity contribution in [2.45, 2.75) is 18.7 Å². The standard InChI is InChI=1S/C12H13F4NO3/c13-8-1-3-9(4-2-8)20-6-5-11(19)17-7-10(18)12(14,15)16/h1-4,10,18H,5-7H2,(H,17,19). The minimum absolute atomic E-state index is 0.0699. The molecule has 1 aromatic carbocycles. The van der Waals surface area contributed by atoms with Crippen LogP contribution in [-0.2, 0) is 4.79 Å². The summed E-state index contributed by atoms with van der Waals surface area (Å²) in [6, 6.07) is 5.07. The molecule has 112 valence electrons. The first-order valence-corrected chi connectivity index (χ1v) is 5.69. The average molecular weight is 295 g/mol. The van der Waals surface area contributed by atoms with Gasteiger partial charge < -0.3 is 15.2 Å². The summed E-state index contributed by atoms with van der Waals surface area (Å²) in [6.07, 6.45) is -7.54. The van der Waals surface area contributed by atoms with E-state index in [1.807, 2.05) is 5.32 Å². The molecule has 0 aliphatic rings. The number of carbonyl (C=O) groups is 1. The van der Waals surface area contributed by atoms with Gasteiger partial charge >= 0.3 is 6.18 Å². The predicted octanol–water partition coefficient (Wildman–Crippen LogP) is 1.63. The van der Waals surface area contributed by atoms with Gasteiger partial charge in [-0.1, -0.05) is 0 Å². The van der Waals surface area contributed by atoms with E-state index < -0.39 is 30.5 Å². The Labute approximate surface area is 112 Å². The van der Waals surface area contributed by atoms with Crippen LogP contribution in [0, 0.1) is 5.82 Å². The Morgan fingerprint density at radius 1 is 1.30 bits per heavy atom. The Bertz CT molecular complexity index is 433. The number of halogens is 4. The van der Waals surface area contributed by atoms with Crippen LogP contribution in [0.1, 0.15) is 6.42 Å². The third-order valence-corrected chi connectivity index (χ3v) is 2.28. The van der Waals surface area contributed by atoms with Gasteiger partial charge in [-0.25, -0.2) is 4.39 Å². The first-order chi connectivity index (χ1) is 9.29. The molecule has 0 aromatic heterocycles. The fourth-order valence-corrected chi connectivity index (χ4v) is 1.21. The molecule has 0 heterocycles. The molecule has 1 rings (SSSR count). The van der Waals surface area contributed by atoms with Crippen LogP contribution in [-0.4, -0.2) is 36.4 Å². The minimum atomic E-state index is -4.77. The molecule has 1 unspecified atom stereocenters. The number of hydrogen-bond acceptors (Lipinski definition) is 3. The van der Waals surface area contributed by atoms with Crippen LogP contribution in [0.3, 0.4) is 0 Å². The topological polar surface area (TPSA) is 58.6 Å². The summed E-state index contributed by atoms with van der Waals surface area (Å²) in [5, 5.41) is 10.6. The molecule has 1 aromatic rings. The quantitative estimate of drug-likeness (QED) is 0.784. The van der Waals surface area contributed by atoms with Gasteiger partial charge in [0.25, 0.3) is 0 Å². The Kier molecular flexibility index (Phi) is 5.75. The van der Waals surface area contributed by atoms with E-state index in [2.05, 4.69) is 0 Å². The molecule has 0 fully saturated rings. The smallest absolute Gasteiger partial charge is 0.416 e. The largest absolute Gasteiger partial charge is 0.493 e. The van der Waals surface area contributed by atoms with Crippen molar-refractivity contribution in [2.24, 2.45) is 0 Å². The normalized spacial score (nSPS) is 12.8. The number of amides is 1. The molecule has 0 aliphatic heterocycles. The summed E-state index contributed by atoms with van der Waals surface area (Å²) < 4.78 is 53.5. The number of aliphatic hydroxyl groups excluding tert-OH is 1. The van der Waals surface area contributed by atoms with E-state index in [1.54, 1.807) is 0 Å². The number of ether oxygens (including phenoxy) is 1. The lowest BCUT2D eigenvalue weighted by molar-refractivity contribution is -0.201. The van der Waals surface area contributed by atoms with Gasteiger partial charge in [0.1, 0.15) is 11.6 Å². The maximum atomic E-state index is 12.6. The van der Waals surface area contributed by atoms with Crippen LogP contribution in [0.25, 0.3) is 0 Å². The molecule has 1 atom stereocenters. The molecule has 0 aliphatic carbocycles. The van der Waals surface area contributed by atoms with Crippen LogP contribution < -0.4 is 10.1 Å². The Balaban J connectivity index is 2.22. The maximum Gasteiger partial charge on any atom is 0.416 e. The lowest BCUT2D eigenvalue weighted by Crippen LogP contribution is -2.40. The number of hydrogen-bond donors (Lipinski definition) is 2. The fourth-order valence-electron chi connectivity index (χ4n) is 1.21. The minimum Gasteiger partial charge on any atom is -0.493 e. The van der Waals surface area contributed by atoms with Crippen molar-refractivity contribution < 1.29 is 32.2 Å². The summed E-state index contributed by atoms with van der Waals surface area (Å²) >= 11 is 0. The summed E-state index contributed by atoms with van der Waals surface area (Å²) in [5.41, 5.74) is 0. The van der Waals surface area contributed by atoms with Crippen molar-refractivity contribution >= 4 is 5.91 Å². The van der Waals surface area contributed by atoms with Crippen LogP contribution >= 0.6 is 0 Å². The number of nitrogens with one attached hydrogen (secondary N) is 1. The van der Waals surface area contributed by atoms with E-state index in [4.69, 9.17) is 9.84 Å². The van der Waals surface area contributed by atoms with E-state index in [-0.39, 0.29) is 13.0 Å². The number of benzene rings is 1. The van der Waals surface area contributed by atoms with Gasteiger partial charge in [0.05, 0.1) is 19.6 Å². The molecule has 0 bridgehead atoms. The van der Waals surface area contributed by atoms with Crippen molar-refractivity contribution in [2.75, 3.05) is 13.2 Å². The van der Waals surface area contributed by atoms with E-state index in [0.29, 0.717) is 5.75 Å². The maximum absolute atomic E-state index is 12.6. The molecule has 2 N–H and O–H groups in total. The van der Waals surface area contributed by atoms with Crippen LogP contribution in [0.2, 0.25) is 0 Å². The van der Waals surface area contributed by atoms with Gasteiger partial charge in [-0.05, 0) is 24.3 Å². The Morgan fingerprint density at radius 3 is 2.45 bits per heavy atom. The molecular formula is C12H13F4NO3. The van der Waals surface area contributed by atoms with Gasteiger partial charge in [0.2, 0.25) is 5.91 Å². The summed E-state index contributed by atoms with van der Waals surface area (Å²) in [5.74, 6) is -0.777. The highest BCUT2D eigenvalue weighted by atomic mass is 19.4. The molecule has 4 nitrogen and oxygen atoms in total. The third kappa shape index (κ3) is 5.87. The molecule has 0 saturated carbocycles. The zero-order chi connectivity index (χ0) is 15.2. The molecule has 0 saturated heterocycles. The van der Waals surface area contributed by atoms with Gasteiger partial charge in [-0.15, -0.1) is 0 Å². The molecule has 20 heavy (non-hydrogen) atoms. The second-order valence-electron chi connectivity index (χ2n) is 3.91. The molecule has 8 heteroatoms. The van der Waals surface area contributed by atoms with Gasteiger partial charge in [-0.3, -0.25) is 4.79 Å². The van der Waals surface area contributed by atoms with Crippen molar-refractivity contribution in [3.63, 3.8) is 0 Å². The monoisotopic (exact) mass is 295 g/mol. The zero-order valence-corrected chi connectivity index (χ0v) is 10.3. The van der Waals surface area contributed by atoms with Crippen molar-refractivity contribution in [3.05, 3.63) is 30.1 Å². The van der Waals surface area contributed by atoms with E-state index in [9.17, 15) is 22.4 Å². The van der Waals surface area contributed by atoms with Crippen molar-refractivity contribution in [3.8, 4) is 5.75 Å². The summed E-state index contributed by atoms with van der Waals surface area (Å²) in [4.78, 5) is 11.2. The number of rotatable bonds is 6. The fraction of sp³-hybridized carbons (Fsp3) is 0.417. The first-order valence-electron chi connectivity index (χ1n) is 5.69. The van der Waals surface area contributed by atoms with E-state index >= 15 is 0 Å². The average Bonchev–Trinajstić information content (AvgIpc) is 2.37. The number of carbonyl (C=O) groups excluding carboxylic acids is 1. The highest BCUT2D eigenvalue weighted by Gasteiger charge is 2.38. The third-order valence-electron chi connectivity index (χ3n) is 2.28. The van der Waals surface area contributed by atoms with Crippen LogP contribution in [0.5, 0.6) is 5.75 Å². The lowest BCUT2D eigenvalue weighted by Gasteiger charge is -2.15. The summed E-state index contributed by atoms with van der Waals surface area (Å²) in [6.45, 7) is -0.974. The molecule has 0 spiro atoms. The molecular weight excluding hydrogens is 282 g/mol. The number of aliphatic hydroxyl groups is 1. The number of alkyl halides is 3. The second-order valence-corrected chi connectivity index (χ2v) is 3.91. The molecule has 0 radical (unpaired) electrons. The van der Waals surface area contributed by atoms with E-state index in [1.165, 1.54) is 24.3 Å². The Hall–Kier alpha value is -1.83. The van der Waals surface area contributed by atoms with Crippen molar-refractivity contribution in [1.82, 2.24) is 5.32 Å². The lowest BCUT2D eigenvalue weighted by atomic mass is 10.3. The second kappa shape index (κ2) is 7.09. The molecule has 1 amide bonds. The van der Waals surface area contributed by atoms with Gasteiger partial charge in [0.15, 0.2) is 6.10 Å². The van der Waals surface area contributed by atoms with Gasteiger partial charge in [-0.2, -0.15) is 13.2 Å². The van der Waals surface area contributed by atoms with E-state index in [0.717, 1.165) is 0 Å². The highest BCUT2D eigenvalue weighted by Crippen LogP contribution is 2.19. The zero-order valence-electron chi connectivity index (χ0n) is 10.3. The SMILES string of the molecule is O=C(CCOc1ccc(F)cc1)NCC(O)C(F)(F)F. The van der Waals surface area contributed by atoms with Crippen molar-refractivity contribution in [1.29, 1.82) is 0 Å².